The van der Waals surface area contributed by atoms with Crippen molar-refractivity contribution in [1.29, 1.82) is 0 Å². The summed E-state index contributed by atoms with van der Waals surface area (Å²) in [4.78, 5) is 15.5. The van der Waals surface area contributed by atoms with Crippen LogP contribution in [-0.2, 0) is 22.7 Å². The zero-order valence-electron chi connectivity index (χ0n) is 9.03. The minimum Gasteiger partial charge on any atom is -0.459 e. The van der Waals surface area contributed by atoms with Crippen molar-refractivity contribution in [2.24, 2.45) is 0 Å². The fourth-order valence-electron chi connectivity index (χ4n) is 1.57. The van der Waals surface area contributed by atoms with Crippen LogP contribution < -0.4 is 0 Å². The van der Waals surface area contributed by atoms with Gasteiger partial charge in [-0.3, -0.25) is 4.79 Å². The Kier molecular flexibility index (Phi) is 3.76. The van der Waals surface area contributed by atoms with E-state index in [4.69, 9.17) is 16.3 Å². The second-order valence-electron chi connectivity index (χ2n) is 3.54. The number of rotatable bonds is 4. The van der Waals surface area contributed by atoms with Gasteiger partial charge in [-0.2, -0.15) is 0 Å². The van der Waals surface area contributed by atoms with Gasteiger partial charge in [0.1, 0.15) is 6.61 Å². The third-order valence-electron chi connectivity index (χ3n) is 2.36. The van der Waals surface area contributed by atoms with Crippen LogP contribution in [0, 0.1) is 0 Å². The van der Waals surface area contributed by atoms with Gasteiger partial charge in [0, 0.05) is 18.7 Å². The molecule has 0 fully saturated rings. The van der Waals surface area contributed by atoms with Gasteiger partial charge in [-0.05, 0) is 6.42 Å². The van der Waals surface area contributed by atoms with Gasteiger partial charge < -0.3 is 9.30 Å². The fourth-order valence-corrected chi connectivity index (χ4v) is 2.82. The van der Waals surface area contributed by atoms with Crippen molar-refractivity contribution in [1.82, 2.24) is 9.55 Å². The Morgan fingerprint density at radius 2 is 2.50 bits per heavy atom. The first-order valence-electron chi connectivity index (χ1n) is 5.25. The van der Waals surface area contributed by atoms with E-state index < -0.39 is 0 Å². The molecule has 0 unspecified atom stereocenters. The van der Waals surface area contributed by atoms with E-state index in [1.165, 1.54) is 0 Å². The molecule has 0 saturated heterocycles. The second kappa shape index (κ2) is 5.10. The summed E-state index contributed by atoms with van der Waals surface area (Å²) in [7, 11) is 0. The number of halogens is 1. The molecule has 2 rings (SSSR count). The Morgan fingerprint density at radius 1 is 1.69 bits per heavy atom. The molecule has 0 bridgehead atoms. The van der Waals surface area contributed by atoms with Gasteiger partial charge in [0.05, 0.1) is 5.69 Å². The lowest BCUT2D eigenvalue weighted by atomic mass is 10.3. The van der Waals surface area contributed by atoms with Crippen LogP contribution in [-0.4, -0.2) is 21.3 Å². The Balaban J connectivity index is 2.02. The number of imidazole rings is 1. The van der Waals surface area contributed by atoms with E-state index in [0.717, 1.165) is 29.6 Å². The maximum atomic E-state index is 11.2. The molecule has 0 saturated carbocycles. The number of carbonyl (C=O) groups is 1. The maximum Gasteiger partial charge on any atom is 0.306 e. The molecule has 0 amide bonds. The first kappa shape index (κ1) is 11.8. The number of ether oxygens (including phenoxy) is 1. The van der Waals surface area contributed by atoms with Crippen molar-refractivity contribution in [3.05, 3.63) is 10.8 Å². The first-order chi connectivity index (χ1) is 7.72. The molecule has 4 nitrogen and oxygen atoms in total. The molecule has 1 aliphatic rings. The quantitative estimate of drug-likeness (QED) is 0.781. The topological polar surface area (TPSA) is 44.1 Å². The summed E-state index contributed by atoms with van der Waals surface area (Å²) < 4.78 is 7.16. The molecule has 0 aliphatic carbocycles. The highest BCUT2D eigenvalue weighted by Crippen LogP contribution is 2.30. The SMILES string of the molecule is CCCC(=O)OCc1c(Cl)nc2n1CCS2. The molecule has 0 radical (unpaired) electrons. The number of nitrogens with zero attached hydrogens (tertiary/aromatic N) is 2. The van der Waals surface area contributed by atoms with Gasteiger partial charge in [0.25, 0.3) is 0 Å². The average molecular weight is 261 g/mol. The average Bonchev–Trinajstić information content (AvgIpc) is 2.76. The maximum absolute atomic E-state index is 11.2. The van der Waals surface area contributed by atoms with Crippen LogP contribution in [0.15, 0.2) is 5.16 Å². The highest BCUT2D eigenvalue weighted by atomic mass is 35.5. The third kappa shape index (κ3) is 2.35. The van der Waals surface area contributed by atoms with Gasteiger partial charge in [0.2, 0.25) is 0 Å². The number of aromatic nitrogens is 2. The summed E-state index contributed by atoms with van der Waals surface area (Å²) in [5.41, 5.74) is 0.811. The lowest BCUT2D eigenvalue weighted by Gasteiger charge is -2.06. The minimum atomic E-state index is -0.181. The van der Waals surface area contributed by atoms with Crippen LogP contribution in [0.2, 0.25) is 5.15 Å². The molecule has 0 atom stereocenters. The van der Waals surface area contributed by atoms with Crippen molar-refractivity contribution < 1.29 is 9.53 Å². The smallest absolute Gasteiger partial charge is 0.306 e. The second-order valence-corrected chi connectivity index (χ2v) is 4.96. The highest BCUT2D eigenvalue weighted by Gasteiger charge is 2.21. The van der Waals surface area contributed by atoms with Gasteiger partial charge in [-0.25, -0.2) is 4.98 Å². The van der Waals surface area contributed by atoms with E-state index in [2.05, 4.69) is 4.98 Å². The number of hydrogen-bond donors (Lipinski definition) is 0. The number of esters is 1. The predicted molar refractivity (Wildman–Crippen MR) is 62.7 cm³/mol. The molecule has 88 valence electrons. The molecule has 1 aromatic heterocycles. The summed E-state index contributed by atoms with van der Waals surface area (Å²) >= 11 is 7.66. The summed E-state index contributed by atoms with van der Waals surface area (Å²) in [6, 6.07) is 0. The zero-order valence-corrected chi connectivity index (χ0v) is 10.6. The molecule has 0 aromatic carbocycles. The number of thioether (sulfide) groups is 1. The van der Waals surface area contributed by atoms with E-state index in [0.29, 0.717) is 11.6 Å². The van der Waals surface area contributed by atoms with Gasteiger partial charge in [0.15, 0.2) is 10.3 Å². The van der Waals surface area contributed by atoms with Crippen LogP contribution in [0.1, 0.15) is 25.5 Å². The monoisotopic (exact) mass is 260 g/mol. The lowest BCUT2D eigenvalue weighted by Crippen LogP contribution is -2.08. The fraction of sp³-hybridized carbons (Fsp3) is 0.600. The molecular formula is C10H13ClN2O2S. The summed E-state index contributed by atoms with van der Waals surface area (Å²) in [5.74, 6) is 0.829. The standard InChI is InChI=1S/C10H13ClN2O2S/c1-2-3-8(14)15-6-7-9(11)12-10-13(7)4-5-16-10/h2-6H2,1H3. The molecule has 2 heterocycles. The molecule has 0 N–H and O–H groups in total. The number of fused-ring (bicyclic) bond motifs is 1. The Labute approximate surface area is 103 Å². The summed E-state index contributed by atoms with van der Waals surface area (Å²) in [6.45, 7) is 3.06. The van der Waals surface area contributed by atoms with Gasteiger partial charge in [-0.1, -0.05) is 30.3 Å². The van der Waals surface area contributed by atoms with Crippen LogP contribution >= 0.6 is 23.4 Å². The van der Waals surface area contributed by atoms with E-state index in [1.54, 1.807) is 11.8 Å². The molecular weight excluding hydrogens is 248 g/mol. The van der Waals surface area contributed by atoms with Crippen molar-refractivity contribution in [3.63, 3.8) is 0 Å². The number of carbonyl (C=O) groups excluding carboxylic acids is 1. The van der Waals surface area contributed by atoms with Crippen molar-refractivity contribution in [3.8, 4) is 0 Å². The largest absolute Gasteiger partial charge is 0.459 e. The van der Waals surface area contributed by atoms with Crippen LogP contribution in [0.5, 0.6) is 0 Å². The van der Waals surface area contributed by atoms with E-state index in [1.807, 2.05) is 11.5 Å². The van der Waals surface area contributed by atoms with Crippen molar-refractivity contribution in [2.45, 2.75) is 38.1 Å². The number of hydrogen-bond acceptors (Lipinski definition) is 4. The highest BCUT2D eigenvalue weighted by molar-refractivity contribution is 7.99. The lowest BCUT2D eigenvalue weighted by molar-refractivity contribution is -0.145. The van der Waals surface area contributed by atoms with Crippen LogP contribution in [0.3, 0.4) is 0 Å². The summed E-state index contributed by atoms with van der Waals surface area (Å²) in [6.07, 6.45) is 1.25. The van der Waals surface area contributed by atoms with Crippen molar-refractivity contribution in [2.75, 3.05) is 5.75 Å². The first-order valence-corrected chi connectivity index (χ1v) is 6.62. The van der Waals surface area contributed by atoms with E-state index in [-0.39, 0.29) is 12.6 Å². The van der Waals surface area contributed by atoms with Gasteiger partial charge in [-0.15, -0.1) is 0 Å². The molecule has 6 heteroatoms. The Bertz CT molecular complexity index is 406. The molecule has 1 aliphatic heterocycles. The normalized spacial score (nSPS) is 13.9. The summed E-state index contributed by atoms with van der Waals surface area (Å²) in [5, 5.41) is 1.37. The Morgan fingerprint density at radius 3 is 3.25 bits per heavy atom. The zero-order chi connectivity index (χ0) is 11.5. The molecule has 1 aromatic rings. The van der Waals surface area contributed by atoms with Crippen LogP contribution in [0.25, 0.3) is 0 Å². The van der Waals surface area contributed by atoms with E-state index in [9.17, 15) is 4.79 Å². The minimum absolute atomic E-state index is 0.181. The molecule has 0 spiro atoms. The van der Waals surface area contributed by atoms with Crippen LogP contribution in [0.4, 0.5) is 0 Å². The van der Waals surface area contributed by atoms with Gasteiger partial charge >= 0.3 is 5.97 Å². The Hall–Kier alpha value is -0.680. The third-order valence-corrected chi connectivity index (χ3v) is 3.62. The van der Waals surface area contributed by atoms with E-state index >= 15 is 0 Å². The van der Waals surface area contributed by atoms with Crippen molar-refractivity contribution >= 4 is 29.3 Å². The molecule has 16 heavy (non-hydrogen) atoms. The predicted octanol–water partition coefficient (Wildman–Crippen LogP) is 2.49.